The Morgan fingerprint density at radius 2 is 1.85 bits per heavy atom. The highest BCUT2D eigenvalue weighted by Crippen LogP contribution is 2.58. The van der Waals surface area contributed by atoms with E-state index >= 15 is 0 Å². The van der Waals surface area contributed by atoms with Gasteiger partial charge in [-0.15, -0.1) is 11.3 Å². The molecule has 7 heterocycles. The highest BCUT2D eigenvalue weighted by atomic mass is 32.1. The standard InChI is InChI=1S/C42H54N8O4S/c1-23-35(43)38(48-19-27(20-48)52-4)40-45-31(21-55-40)24-10-13-32-29(16-24)33-34(42(2,3)22-54-41(51)30-9-7-15-49(23)46-30)39(53-5)36-28(8-6-14-44-36)37(33)50(32)26-17-47(18-26)25-11-12-25/h6,8,10,13-14,16,21,23,25-27,30,34-35,38-39,46H,7,9,11-12,15,17-20,22,43H2,1-5H3/t23?,30-,34?,35+,38-,39-/m0/s1. The van der Waals surface area contributed by atoms with Crippen LogP contribution in [0.4, 0.5) is 0 Å². The zero-order valence-corrected chi connectivity index (χ0v) is 33.4. The van der Waals surface area contributed by atoms with Gasteiger partial charge in [0.2, 0.25) is 0 Å². The first-order valence-electron chi connectivity index (χ1n) is 20.2. The molecular weight excluding hydrogens is 713 g/mol. The summed E-state index contributed by atoms with van der Waals surface area (Å²) in [7, 11) is 3.57. The van der Waals surface area contributed by atoms with E-state index in [4.69, 9.17) is 29.9 Å². The number of hydrogen-bond donors (Lipinski definition) is 2. The fourth-order valence-corrected chi connectivity index (χ4v) is 11.2. The number of ether oxygens (including phenoxy) is 3. The van der Waals surface area contributed by atoms with Crippen LogP contribution in [0.2, 0.25) is 0 Å². The predicted molar refractivity (Wildman–Crippen MR) is 213 cm³/mol. The first-order valence-corrected chi connectivity index (χ1v) is 21.1. The van der Waals surface area contributed by atoms with Crippen molar-refractivity contribution in [3.63, 3.8) is 0 Å². The number of thiazole rings is 1. The molecule has 3 saturated heterocycles. The number of pyridine rings is 1. The van der Waals surface area contributed by atoms with Crippen LogP contribution in [0.25, 0.3) is 33.4 Å². The fraction of sp³-hybridized carbons (Fsp3) is 0.595. The molecule has 2 aliphatic carbocycles. The van der Waals surface area contributed by atoms with E-state index in [-0.39, 0.29) is 48.8 Å². The van der Waals surface area contributed by atoms with E-state index in [2.05, 4.69) is 75.2 Å². The Morgan fingerprint density at radius 3 is 2.62 bits per heavy atom. The molecule has 7 atom stereocenters. The van der Waals surface area contributed by atoms with Gasteiger partial charge in [0.05, 0.1) is 41.9 Å². The normalized spacial score (nSPS) is 31.7. The molecule has 6 aliphatic rings. The second kappa shape index (κ2) is 13.7. The summed E-state index contributed by atoms with van der Waals surface area (Å²) in [4.78, 5) is 29.5. The van der Waals surface area contributed by atoms with Crippen LogP contribution in [0, 0.1) is 5.41 Å². The van der Waals surface area contributed by atoms with Crippen LogP contribution >= 0.6 is 11.3 Å². The maximum absolute atomic E-state index is 14.0. The summed E-state index contributed by atoms with van der Waals surface area (Å²) >= 11 is 1.69. The van der Waals surface area contributed by atoms with Gasteiger partial charge in [-0.3, -0.25) is 19.6 Å². The number of methoxy groups -OCH3 is 2. The number of esters is 1. The minimum absolute atomic E-state index is 0.0680. The first-order chi connectivity index (χ1) is 26.6. The van der Waals surface area contributed by atoms with Crippen molar-refractivity contribution in [3.05, 3.63) is 58.2 Å². The highest BCUT2D eigenvalue weighted by Gasteiger charge is 2.50. The van der Waals surface area contributed by atoms with Crippen molar-refractivity contribution in [3.8, 4) is 22.5 Å². The zero-order chi connectivity index (χ0) is 37.7. The summed E-state index contributed by atoms with van der Waals surface area (Å²) in [6.07, 6.45) is 5.91. The summed E-state index contributed by atoms with van der Waals surface area (Å²) in [5, 5.41) is 6.57. The van der Waals surface area contributed by atoms with Gasteiger partial charge in [0.25, 0.3) is 0 Å². The van der Waals surface area contributed by atoms with Crippen LogP contribution in [-0.4, -0.2) is 119 Å². The quantitative estimate of drug-likeness (QED) is 0.259. The minimum atomic E-state index is -0.511. The minimum Gasteiger partial charge on any atom is -0.464 e. The average Bonchev–Trinajstić information content (AvgIpc) is 3.78. The van der Waals surface area contributed by atoms with Gasteiger partial charge in [0, 0.05) is 110 Å². The third-order valence-corrected chi connectivity index (χ3v) is 14.5. The van der Waals surface area contributed by atoms with E-state index in [0.717, 1.165) is 72.7 Å². The number of hydrazine groups is 1. The third-order valence-electron chi connectivity index (χ3n) is 13.6. The van der Waals surface area contributed by atoms with E-state index in [1.165, 1.54) is 35.0 Å². The van der Waals surface area contributed by atoms with Crippen molar-refractivity contribution in [2.45, 2.75) is 101 Å². The van der Waals surface area contributed by atoms with Gasteiger partial charge in [-0.1, -0.05) is 19.9 Å². The van der Waals surface area contributed by atoms with Crippen molar-refractivity contribution < 1.29 is 19.0 Å². The monoisotopic (exact) mass is 766 g/mol. The number of likely N-dealkylation sites (tertiary alicyclic amines) is 2. The summed E-state index contributed by atoms with van der Waals surface area (Å²) < 4.78 is 21.2. The van der Waals surface area contributed by atoms with Crippen LogP contribution in [0.3, 0.4) is 0 Å². The number of carbonyl (C=O) groups excluding carboxylic acids is 1. The van der Waals surface area contributed by atoms with Crippen molar-refractivity contribution in [1.82, 2.24) is 34.8 Å². The molecule has 0 amide bonds. The number of aromatic nitrogens is 3. The second-order valence-electron chi connectivity index (χ2n) is 17.5. The number of cyclic esters (lactones) is 1. The first kappa shape index (κ1) is 36.1. The molecule has 4 aromatic rings. The number of nitrogens with two attached hydrogens (primary N) is 1. The lowest BCUT2D eigenvalue weighted by molar-refractivity contribution is -0.154. The molecular formula is C42H54N8O4S. The largest absolute Gasteiger partial charge is 0.464 e. The molecule has 4 fully saturated rings. The molecule has 3 N–H and O–H groups in total. The topological polar surface area (TPSA) is 123 Å². The third kappa shape index (κ3) is 5.91. The van der Waals surface area contributed by atoms with Gasteiger partial charge in [-0.25, -0.2) is 15.4 Å². The molecule has 1 aromatic carbocycles. The number of hydrogen-bond acceptors (Lipinski definition) is 12. The van der Waals surface area contributed by atoms with Gasteiger partial charge in [0.1, 0.15) is 17.2 Å². The smallest absolute Gasteiger partial charge is 0.324 e. The lowest BCUT2D eigenvalue weighted by Crippen LogP contribution is -2.64. The van der Waals surface area contributed by atoms with E-state index in [1.54, 1.807) is 25.6 Å². The number of nitrogens with one attached hydrogen (secondary N) is 1. The number of rotatable bonds is 5. The molecule has 55 heavy (non-hydrogen) atoms. The number of benzene rings is 1. The summed E-state index contributed by atoms with van der Waals surface area (Å²) in [5.41, 5.74) is 18.1. The van der Waals surface area contributed by atoms with Crippen LogP contribution in [0.1, 0.15) is 86.8 Å². The van der Waals surface area contributed by atoms with Gasteiger partial charge < -0.3 is 24.5 Å². The predicted octanol–water partition coefficient (Wildman–Crippen LogP) is 5.27. The Kier molecular flexibility index (Phi) is 8.98. The maximum Gasteiger partial charge on any atom is 0.324 e. The van der Waals surface area contributed by atoms with Crippen LogP contribution in [-0.2, 0) is 19.0 Å². The van der Waals surface area contributed by atoms with Gasteiger partial charge in [-0.05, 0) is 62.4 Å². The molecule has 3 aromatic heterocycles. The molecule has 10 rings (SSSR count). The SMILES string of the molecule is COC1CN([C@@H]2c3nc(cs3)-c3ccc4c(c3)c3c(n4C4CN(C5CC5)C4)-c4cccnc4[C@@H](OC)C3C(C)(C)COC(=O)[C@@H]3CCCN(N3)C(C)[C@H]2N)C1. The number of nitrogens with zero attached hydrogens (tertiary/aromatic N) is 6. The zero-order valence-electron chi connectivity index (χ0n) is 32.6. The van der Waals surface area contributed by atoms with Crippen LogP contribution in [0.15, 0.2) is 41.9 Å². The van der Waals surface area contributed by atoms with Gasteiger partial charge in [-0.2, -0.15) is 0 Å². The number of fused-ring (bicyclic) bond motifs is 8. The molecule has 12 nitrogen and oxygen atoms in total. The molecule has 0 radical (unpaired) electrons. The molecule has 3 unspecified atom stereocenters. The van der Waals surface area contributed by atoms with E-state index in [0.29, 0.717) is 12.5 Å². The Morgan fingerprint density at radius 1 is 1.04 bits per heavy atom. The molecule has 0 spiro atoms. The lowest BCUT2D eigenvalue weighted by Gasteiger charge is -2.48. The van der Waals surface area contributed by atoms with Crippen LogP contribution in [0.5, 0.6) is 0 Å². The van der Waals surface area contributed by atoms with Gasteiger partial charge in [0.15, 0.2) is 0 Å². The molecule has 4 aliphatic heterocycles. The molecule has 13 heteroatoms. The van der Waals surface area contributed by atoms with E-state index < -0.39 is 11.5 Å². The Balaban J connectivity index is 1.16. The van der Waals surface area contributed by atoms with E-state index in [9.17, 15) is 4.79 Å². The van der Waals surface area contributed by atoms with Gasteiger partial charge >= 0.3 is 5.97 Å². The van der Waals surface area contributed by atoms with Crippen molar-refractivity contribution in [1.29, 1.82) is 0 Å². The molecule has 1 saturated carbocycles. The van der Waals surface area contributed by atoms with Crippen LogP contribution < -0.4 is 11.2 Å². The molecule has 292 valence electrons. The Bertz CT molecular complexity index is 2100. The fourth-order valence-electron chi connectivity index (χ4n) is 10.2. The highest BCUT2D eigenvalue weighted by molar-refractivity contribution is 7.10. The lowest BCUT2D eigenvalue weighted by atomic mass is 9.67. The summed E-state index contributed by atoms with van der Waals surface area (Å²) in [6, 6.07) is 11.4. The van der Waals surface area contributed by atoms with E-state index in [1.807, 2.05) is 12.3 Å². The Hall–Kier alpha value is -3.27. The maximum atomic E-state index is 14.0. The molecule has 6 bridgehead atoms. The Labute approximate surface area is 327 Å². The number of carbonyl (C=O) groups is 1. The second-order valence-corrected chi connectivity index (χ2v) is 18.4. The summed E-state index contributed by atoms with van der Waals surface area (Å²) in [6.45, 7) is 11.3. The van der Waals surface area contributed by atoms with Crippen molar-refractivity contribution in [2.75, 3.05) is 53.6 Å². The van der Waals surface area contributed by atoms with Crippen molar-refractivity contribution >= 4 is 28.2 Å². The summed E-state index contributed by atoms with van der Waals surface area (Å²) in [5.74, 6) is -0.376. The average molecular weight is 767 g/mol. The van der Waals surface area contributed by atoms with Crippen molar-refractivity contribution in [2.24, 2.45) is 11.1 Å².